The minimum Gasteiger partial charge on any atom is -0.328 e. The van der Waals surface area contributed by atoms with Gasteiger partial charge in [0.2, 0.25) is 0 Å². The van der Waals surface area contributed by atoms with E-state index in [4.69, 9.17) is 10.7 Å². The van der Waals surface area contributed by atoms with Crippen molar-refractivity contribution in [2.24, 2.45) is 11.1 Å². The minimum absolute atomic E-state index is 0.239. The first kappa shape index (κ1) is 11.7. The summed E-state index contributed by atoms with van der Waals surface area (Å²) < 4.78 is 0. The van der Waals surface area contributed by atoms with E-state index < -0.39 is 0 Å². The van der Waals surface area contributed by atoms with Gasteiger partial charge in [0.25, 0.3) is 0 Å². The highest BCUT2D eigenvalue weighted by Gasteiger charge is 2.38. The van der Waals surface area contributed by atoms with Crippen molar-refractivity contribution in [3.63, 3.8) is 0 Å². The molecule has 3 heteroatoms. The van der Waals surface area contributed by atoms with Gasteiger partial charge in [-0.05, 0) is 44.4 Å². The van der Waals surface area contributed by atoms with Gasteiger partial charge in [-0.2, -0.15) is 0 Å². The molecular weight excluding hydrogens is 228 g/mol. The Hall–Kier alpha value is -0.410. The van der Waals surface area contributed by atoms with Crippen molar-refractivity contribution >= 4 is 11.3 Å². The summed E-state index contributed by atoms with van der Waals surface area (Å²) in [6.07, 6.45) is 10.6. The summed E-state index contributed by atoms with van der Waals surface area (Å²) >= 11 is 1.93. The van der Waals surface area contributed by atoms with Crippen LogP contribution in [0.1, 0.15) is 54.6 Å². The highest BCUT2D eigenvalue weighted by atomic mass is 32.1. The number of hydrogen-bond acceptors (Lipinski definition) is 3. The number of aromatic nitrogens is 1. The summed E-state index contributed by atoms with van der Waals surface area (Å²) in [6.45, 7) is 2.07. The number of rotatable bonds is 2. The van der Waals surface area contributed by atoms with Gasteiger partial charge in [-0.3, -0.25) is 0 Å². The lowest BCUT2D eigenvalue weighted by atomic mass is 9.74. The fourth-order valence-corrected chi connectivity index (χ4v) is 4.93. The normalized spacial score (nSPS) is 23.9. The maximum atomic E-state index is 5.86. The SMILES string of the molecule is CC(N)Cc1nc2c(s1)CC1(CCCC1)CC2. The Morgan fingerprint density at radius 2 is 2.12 bits per heavy atom. The van der Waals surface area contributed by atoms with Crippen molar-refractivity contribution in [2.75, 3.05) is 0 Å². The van der Waals surface area contributed by atoms with E-state index >= 15 is 0 Å². The molecule has 2 aliphatic carbocycles. The third-order valence-corrected chi connectivity index (χ3v) is 5.53. The number of nitrogens with two attached hydrogens (primary N) is 1. The molecule has 0 amide bonds. The highest BCUT2D eigenvalue weighted by molar-refractivity contribution is 7.11. The molecule has 0 aromatic carbocycles. The summed E-state index contributed by atoms with van der Waals surface area (Å²) in [5, 5.41) is 1.26. The Kier molecular flexibility index (Phi) is 2.99. The maximum absolute atomic E-state index is 5.86. The van der Waals surface area contributed by atoms with Crippen LogP contribution in [-0.2, 0) is 19.3 Å². The first-order valence-corrected chi connectivity index (χ1v) is 7.72. The van der Waals surface area contributed by atoms with Gasteiger partial charge in [-0.25, -0.2) is 4.98 Å². The van der Waals surface area contributed by atoms with Crippen LogP contribution < -0.4 is 5.73 Å². The van der Waals surface area contributed by atoms with Gasteiger partial charge in [0.15, 0.2) is 0 Å². The second-order valence-corrected chi connectivity index (χ2v) is 7.21. The quantitative estimate of drug-likeness (QED) is 0.876. The van der Waals surface area contributed by atoms with E-state index in [9.17, 15) is 0 Å². The summed E-state index contributed by atoms with van der Waals surface area (Å²) in [7, 11) is 0. The third kappa shape index (κ3) is 2.27. The highest BCUT2D eigenvalue weighted by Crippen LogP contribution is 2.48. The van der Waals surface area contributed by atoms with Crippen LogP contribution in [0, 0.1) is 5.41 Å². The fraction of sp³-hybridized carbons (Fsp3) is 0.786. The molecule has 2 N–H and O–H groups in total. The first-order valence-electron chi connectivity index (χ1n) is 6.90. The Labute approximate surface area is 108 Å². The zero-order chi connectivity index (χ0) is 11.9. The molecule has 1 heterocycles. The Morgan fingerprint density at radius 1 is 1.35 bits per heavy atom. The van der Waals surface area contributed by atoms with Crippen LogP contribution in [0.2, 0.25) is 0 Å². The maximum Gasteiger partial charge on any atom is 0.0946 e. The smallest absolute Gasteiger partial charge is 0.0946 e. The van der Waals surface area contributed by atoms with Gasteiger partial charge < -0.3 is 5.73 Å². The predicted octanol–water partition coefficient (Wildman–Crippen LogP) is 3.08. The molecule has 1 unspecified atom stereocenters. The van der Waals surface area contributed by atoms with Crippen LogP contribution in [0.5, 0.6) is 0 Å². The van der Waals surface area contributed by atoms with E-state index in [1.807, 2.05) is 11.3 Å². The van der Waals surface area contributed by atoms with Gasteiger partial charge in [0, 0.05) is 17.3 Å². The molecule has 3 rings (SSSR count). The van der Waals surface area contributed by atoms with E-state index in [0.717, 1.165) is 6.42 Å². The molecule has 0 bridgehead atoms. The van der Waals surface area contributed by atoms with Crippen molar-refractivity contribution < 1.29 is 0 Å². The van der Waals surface area contributed by atoms with Crippen molar-refractivity contribution in [1.29, 1.82) is 0 Å². The zero-order valence-corrected chi connectivity index (χ0v) is 11.5. The van der Waals surface area contributed by atoms with Crippen LogP contribution >= 0.6 is 11.3 Å². The topological polar surface area (TPSA) is 38.9 Å². The second kappa shape index (κ2) is 4.36. The number of hydrogen-bond donors (Lipinski definition) is 1. The molecule has 1 saturated carbocycles. The molecule has 1 spiro atoms. The predicted molar refractivity (Wildman–Crippen MR) is 72.4 cm³/mol. The first-order chi connectivity index (χ1) is 8.17. The van der Waals surface area contributed by atoms with Crippen LogP contribution in [0.4, 0.5) is 0 Å². The molecule has 1 aromatic heterocycles. The lowest BCUT2D eigenvalue weighted by Crippen LogP contribution is -2.24. The van der Waals surface area contributed by atoms with Crippen molar-refractivity contribution in [1.82, 2.24) is 4.98 Å². The van der Waals surface area contributed by atoms with Gasteiger partial charge in [0.1, 0.15) is 0 Å². The summed E-state index contributed by atoms with van der Waals surface area (Å²) in [5.41, 5.74) is 7.91. The lowest BCUT2D eigenvalue weighted by Gasteiger charge is -2.32. The summed E-state index contributed by atoms with van der Waals surface area (Å²) in [4.78, 5) is 6.36. The van der Waals surface area contributed by atoms with E-state index in [2.05, 4.69) is 6.92 Å². The van der Waals surface area contributed by atoms with Crippen LogP contribution in [-0.4, -0.2) is 11.0 Å². The molecule has 0 radical (unpaired) electrons. The number of thiazole rings is 1. The van der Waals surface area contributed by atoms with Crippen molar-refractivity contribution in [2.45, 2.75) is 64.3 Å². The minimum atomic E-state index is 0.239. The average molecular weight is 250 g/mol. The molecule has 1 aromatic rings. The molecular formula is C14H22N2S. The van der Waals surface area contributed by atoms with Crippen molar-refractivity contribution in [3.8, 4) is 0 Å². The van der Waals surface area contributed by atoms with Crippen LogP contribution in [0.25, 0.3) is 0 Å². The Balaban J connectivity index is 1.80. The van der Waals surface area contributed by atoms with Crippen LogP contribution in [0.15, 0.2) is 0 Å². The molecule has 0 saturated heterocycles. The zero-order valence-electron chi connectivity index (χ0n) is 10.7. The van der Waals surface area contributed by atoms with E-state index in [0.29, 0.717) is 5.41 Å². The second-order valence-electron chi connectivity index (χ2n) is 6.04. The van der Waals surface area contributed by atoms with E-state index in [-0.39, 0.29) is 6.04 Å². The fourth-order valence-electron chi connectivity index (χ4n) is 3.50. The standard InChI is InChI=1S/C14H22N2S/c1-10(15)8-13-16-11-4-7-14(5-2-3-6-14)9-12(11)17-13/h10H,2-9,15H2,1H3. The number of nitrogens with zero attached hydrogens (tertiary/aromatic N) is 1. The van der Waals surface area contributed by atoms with E-state index in [1.165, 1.54) is 55.6 Å². The third-order valence-electron chi connectivity index (χ3n) is 4.41. The molecule has 2 nitrogen and oxygen atoms in total. The molecule has 0 aliphatic heterocycles. The largest absolute Gasteiger partial charge is 0.328 e. The van der Waals surface area contributed by atoms with E-state index in [1.54, 1.807) is 4.88 Å². The van der Waals surface area contributed by atoms with Crippen molar-refractivity contribution in [3.05, 3.63) is 15.6 Å². The summed E-state index contributed by atoms with van der Waals surface area (Å²) in [5.74, 6) is 0. The monoisotopic (exact) mass is 250 g/mol. The molecule has 94 valence electrons. The molecule has 17 heavy (non-hydrogen) atoms. The summed E-state index contributed by atoms with van der Waals surface area (Å²) in [6, 6.07) is 0.239. The number of aryl methyl sites for hydroxylation is 1. The number of fused-ring (bicyclic) bond motifs is 1. The lowest BCUT2D eigenvalue weighted by molar-refractivity contribution is 0.256. The average Bonchev–Trinajstić information content (AvgIpc) is 2.84. The van der Waals surface area contributed by atoms with Gasteiger partial charge in [0.05, 0.1) is 10.7 Å². The van der Waals surface area contributed by atoms with Gasteiger partial charge in [-0.15, -0.1) is 11.3 Å². The molecule has 1 atom stereocenters. The molecule has 2 aliphatic rings. The van der Waals surface area contributed by atoms with Crippen LogP contribution in [0.3, 0.4) is 0 Å². The Bertz CT molecular complexity index is 402. The Morgan fingerprint density at radius 3 is 2.82 bits per heavy atom. The van der Waals surface area contributed by atoms with Gasteiger partial charge >= 0.3 is 0 Å². The van der Waals surface area contributed by atoms with Gasteiger partial charge in [-0.1, -0.05) is 12.8 Å². The molecule has 1 fully saturated rings.